The summed E-state index contributed by atoms with van der Waals surface area (Å²) in [5.74, 6) is 0.151. The number of benzene rings is 1. The van der Waals surface area contributed by atoms with E-state index in [1.165, 1.54) is 49.1 Å². The van der Waals surface area contributed by atoms with E-state index in [-0.39, 0.29) is 5.91 Å². The van der Waals surface area contributed by atoms with Gasteiger partial charge in [-0.2, -0.15) is 0 Å². The number of rotatable bonds is 4. The van der Waals surface area contributed by atoms with Crippen molar-refractivity contribution < 1.29 is 9.69 Å². The van der Waals surface area contributed by atoms with Crippen molar-refractivity contribution in [2.24, 2.45) is 0 Å². The van der Waals surface area contributed by atoms with Crippen LogP contribution < -0.4 is 15.1 Å². The normalized spacial score (nSPS) is 25.2. The van der Waals surface area contributed by atoms with Crippen molar-refractivity contribution in [3.05, 3.63) is 24.3 Å². The number of piperidine rings is 2. The topological polar surface area (TPSA) is 36.8 Å². The number of amides is 1. The second-order valence-corrected chi connectivity index (χ2v) is 7.09. The molecule has 2 N–H and O–H groups in total. The monoisotopic (exact) mass is 316 g/mol. The van der Waals surface area contributed by atoms with Gasteiger partial charge in [-0.15, -0.1) is 0 Å². The van der Waals surface area contributed by atoms with Gasteiger partial charge >= 0.3 is 0 Å². The molecule has 2 heterocycles. The Kier molecular flexibility index (Phi) is 5.55. The molecule has 1 aromatic carbocycles. The number of para-hydroxylation sites is 2. The first-order valence-corrected chi connectivity index (χ1v) is 9.22. The number of hydrogen-bond donors (Lipinski definition) is 2. The summed E-state index contributed by atoms with van der Waals surface area (Å²) in [5, 5.41) is 3.17. The molecule has 4 heteroatoms. The zero-order valence-electron chi connectivity index (χ0n) is 14.3. The Morgan fingerprint density at radius 1 is 1.17 bits per heavy atom. The molecule has 2 aliphatic heterocycles. The van der Waals surface area contributed by atoms with Crippen molar-refractivity contribution in [2.45, 2.75) is 51.5 Å². The van der Waals surface area contributed by atoms with Crippen molar-refractivity contribution in [3.63, 3.8) is 0 Å². The number of carbonyl (C=O) groups is 1. The van der Waals surface area contributed by atoms with Crippen LogP contribution in [0.4, 0.5) is 11.4 Å². The smallest absolute Gasteiger partial charge is 0.279 e. The van der Waals surface area contributed by atoms with Crippen LogP contribution in [0.2, 0.25) is 0 Å². The third-order valence-electron chi connectivity index (χ3n) is 5.34. The van der Waals surface area contributed by atoms with Crippen LogP contribution in [0.15, 0.2) is 24.3 Å². The zero-order valence-corrected chi connectivity index (χ0v) is 14.3. The summed E-state index contributed by atoms with van der Waals surface area (Å²) in [6.45, 7) is 6.18. The SMILES string of the molecule is C[C@@H]1CCCC[NH+]1CC(=O)Nc1ccccc1N1CCCCC1. The Labute approximate surface area is 139 Å². The van der Waals surface area contributed by atoms with Crippen LogP contribution in [0.25, 0.3) is 0 Å². The van der Waals surface area contributed by atoms with Crippen LogP contribution in [0.1, 0.15) is 45.4 Å². The van der Waals surface area contributed by atoms with Crippen molar-refractivity contribution in [1.82, 2.24) is 0 Å². The highest BCUT2D eigenvalue weighted by Gasteiger charge is 2.24. The molecule has 23 heavy (non-hydrogen) atoms. The van der Waals surface area contributed by atoms with E-state index in [1.807, 2.05) is 12.1 Å². The van der Waals surface area contributed by atoms with Crippen LogP contribution in [0.5, 0.6) is 0 Å². The van der Waals surface area contributed by atoms with E-state index in [4.69, 9.17) is 0 Å². The molecule has 2 atom stereocenters. The molecular weight excluding hydrogens is 286 g/mol. The lowest BCUT2D eigenvalue weighted by Crippen LogP contribution is -3.17. The first-order chi connectivity index (χ1) is 11.2. The standard InChI is InChI=1S/C19H29N3O/c1-16-9-5-8-14-22(16)15-19(23)20-17-10-3-4-11-18(17)21-12-6-2-7-13-21/h3-4,10-11,16H,2,5-9,12-15H2,1H3,(H,20,23)/p+1/t16-/m1/s1. The highest BCUT2D eigenvalue weighted by atomic mass is 16.2. The van der Waals surface area contributed by atoms with Gasteiger partial charge < -0.3 is 15.1 Å². The van der Waals surface area contributed by atoms with Gasteiger partial charge in [0.05, 0.1) is 24.0 Å². The Morgan fingerprint density at radius 2 is 1.96 bits per heavy atom. The van der Waals surface area contributed by atoms with E-state index in [0.29, 0.717) is 12.6 Å². The summed E-state index contributed by atoms with van der Waals surface area (Å²) in [5.41, 5.74) is 2.16. The number of anilines is 2. The van der Waals surface area contributed by atoms with Gasteiger partial charge in [0.15, 0.2) is 6.54 Å². The quantitative estimate of drug-likeness (QED) is 0.892. The van der Waals surface area contributed by atoms with Crippen molar-refractivity contribution in [2.75, 3.05) is 36.4 Å². The third kappa shape index (κ3) is 4.25. The largest absolute Gasteiger partial charge is 0.370 e. The highest BCUT2D eigenvalue weighted by Crippen LogP contribution is 2.28. The van der Waals surface area contributed by atoms with Gasteiger partial charge in [0.25, 0.3) is 5.91 Å². The molecule has 0 saturated carbocycles. The summed E-state index contributed by atoms with van der Waals surface area (Å²) < 4.78 is 0. The lowest BCUT2D eigenvalue weighted by Gasteiger charge is -2.31. The van der Waals surface area contributed by atoms with Crippen LogP contribution in [-0.4, -0.2) is 38.1 Å². The molecule has 2 fully saturated rings. The molecule has 0 aliphatic carbocycles. The predicted molar refractivity (Wildman–Crippen MR) is 95.1 cm³/mol. The summed E-state index contributed by atoms with van der Waals surface area (Å²) >= 11 is 0. The van der Waals surface area contributed by atoms with E-state index in [2.05, 4.69) is 29.3 Å². The fourth-order valence-electron chi connectivity index (χ4n) is 3.91. The molecule has 1 aromatic rings. The molecule has 3 rings (SSSR count). The van der Waals surface area contributed by atoms with E-state index in [9.17, 15) is 4.79 Å². The van der Waals surface area contributed by atoms with Crippen molar-refractivity contribution >= 4 is 17.3 Å². The minimum Gasteiger partial charge on any atom is -0.370 e. The predicted octanol–water partition coefficient (Wildman–Crippen LogP) is 2.07. The van der Waals surface area contributed by atoms with Crippen LogP contribution in [0.3, 0.4) is 0 Å². The maximum atomic E-state index is 12.5. The fraction of sp³-hybridized carbons (Fsp3) is 0.632. The Morgan fingerprint density at radius 3 is 2.74 bits per heavy atom. The van der Waals surface area contributed by atoms with Crippen LogP contribution in [-0.2, 0) is 4.79 Å². The second-order valence-electron chi connectivity index (χ2n) is 7.09. The van der Waals surface area contributed by atoms with Gasteiger partial charge in [-0.05, 0) is 57.6 Å². The average Bonchev–Trinajstić information content (AvgIpc) is 2.58. The number of likely N-dealkylation sites (tertiary alicyclic amines) is 1. The number of carbonyl (C=O) groups excluding carboxylic acids is 1. The lowest BCUT2D eigenvalue weighted by molar-refractivity contribution is -0.920. The Hall–Kier alpha value is -1.55. The first-order valence-electron chi connectivity index (χ1n) is 9.22. The molecule has 0 aromatic heterocycles. The number of nitrogens with zero attached hydrogens (tertiary/aromatic N) is 1. The van der Waals surface area contributed by atoms with E-state index in [0.717, 1.165) is 25.3 Å². The second kappa shape index (κ2) is 7.82. The van der Waals surface area contributed by atoms with Gasteiger partial charge in [-0.25, -0.2) is 0 Å². The Balaban J connectivity index is 1.63. The van der Waals surface area contributed by atoms with Gasteiger partial charge in [0.1, 0.15) is 0 Å². The molecule has 0 spiro atoms. The minimum absolute atomic E-state index is 0.151. The van der Waals surface area contributed by atoms with E-state index in [1.54, 1.807) is 0 Å². The van der Waals surface area contributed by atoms with Gasteiger partial charge in [-0.3, -0.25) is 4.79 Å². The first kappa shape index (κ1) is 16.3. The van der Waals surface area contributed by atoms with Crippen LogP contribution >= 0.6 is 0 Å². The van der Waals surface area contributed by atoms with Crippen LogP contribution in [0, 0.1) is 0 Å². The van der Waals surface area contributed by atoms with E-state index >= 15 is 0 Å². The molecule has 2 saturated heterocycles. The minimum atomic E-state index is 0.151. The van der Waals surface area contributed by atoms with Gasteiger partial charge in [0.2, 0.25) is 0 Å². The summed E-state index contributed by atoms with van der Waals surface area (Å²) in [6.07, 6.45) is 7.62. The molecule has 4 nitrogen and oxygen atoms in total. The third-order valence-corrected chi connectivity index (χ3v) is 5.34. The maximum absolute atomic E-state index is 12.5. The molecule has 1 amide bonds. The van der Waals surface area contributed by atoms with Gasteiger partial charge in [-0.1, -0.05) is 12.1 Å². The lowest BCUT2D eigenvalue weighted by atomic mass is 10.0. The average molecular weight is 316 g/mol. The molecule has 1 unspecified atom stereocenters. The molecule has 126 valence electrons. The van der Waals surface area contributed by atoms with Gasteiger partial charge in [0, 0.05) is 13.1 Å². The zero-order chi connectivity index (χ0) is 16.1. The van der Waals surface area contributed by atoms with Crippen molar-refractivity contribution in [1.29, 1.82) is 0 Å². The summed E-state index contributed by atoms with van der Waals surface area (Å²) in [6, 6.07) is 8.86. The maximum Gasteiger partial charge on any atom is 0.279 e. The number of hydrogen-bond acceptors (Lipinski definition) is 2. The highest BCUT2D eigenvalue weighted by molar-refractivity contribution is 5.95. The molecule has 0 radical (unpaired) electrons. The number of nitrogens with one attached hydrogen (secondary N) is 2. The van der Waals surface area contributed by atoms with E-state index < -0.39 is 0 Å². The summed E-state index contributed by atoms with van der Waals surface area (Å²) in [4.78, 5) is 16.4. The summed E-state index contributed by atoms with van der Waals surface area (Å²) in [7, 11) is 0. The molecule has 2 aliphatic rings. The fourth-order valence-corrected chi connectivity index (χ4v) is 3.91. The Bertz CT molecular complexity index is 525. The molecule has 0 bridgehead atoms. The number of quaternary nitrogens is 1. The van der Waals surface area contributed by atoms with Crippen molar-refractivity contribution in [3.8, 4) is 0 Å². The molecular formula is C19H30N3O+.